The van der Waals surface area contributed by atoms with Gasteiger partial charge in [-0.15, -0.1) is 0 Å². The summed E-state index contributed by atoms with van der Waals surface area (Å²) < 4.78 is 0. The third kappa shape index (κ3) is 2.96. The van der Waals surface area contributed by atoms with Gasteiger partial charge in [-0.25, -0.2) is 0 Å². The van der Waals surface area contributed by atoms with Crippen molar-refractivity contribution in [2.75, 3.05) is 0 Å². The Morgan fingerprint density at radius 3 is 2.88 bits per heavy atom. The molecule has 1 nitrogen and oxygen atoms in total. The van der Waals surface area contributed by atoms with Gasteiger partial charge < -0.3 is 5.11 Å². The van der Waals surface area contributed by atoms with Crippen LogP contribution in [0.3, 0.4) is 0 Å². The molecular formula is C15H20O. The van der Waals surface area contributed by atoms with E-state index in [1.54, 1.807) is 0 Å². The Balaban J connectivity index is 2.01. The maximum Gasteiger partial charge on any atom is 0.0790 e. The van der Waals surface area contributed by atoms with E-state index in [4.69, 9.17) is 0 Å². The van der Waals surface area contributed by atoms with Crippen LogP contribution in [-0.4, -0.2) is 11.2 Å². The molecule has 1 heteroatoms. The van der Waals surface area contributed by atoms with Gasteiger partial charge in [0.1, 0.15) is 0 Å². The van der Waals surface area contributed by atoms with Gasteiger partial charge >= 0.3 is 0 Å². The Morgan fingerprint density at radius 1 is 1.31 bits per heavy atom. The fourth-order valence-electron chi connectivity index (χ4n) is 2.36. The van der Waals surface area contributed by atoms with E-state index in [1.807, 2.05) is 0 Å². The van der Waals surface area contributed by atoms with E-state index in [2.05, 4.69) is 37.3 Å². The predicted octanol–water partition coefficient (Wildman–Crippen LogP) is 3.40. The second-order valence-corrected chi connectivity index (χ2v) is 4.73. The molecule has 0 saturated heterocycles. The minimum atomic E-state index is -0.276. The highest BCUT2D eigenvalue weighted by molar-refractivity contribution is 5.25. The molecule has 1 aromatic carbocycles. The van der Waals surface area contributed by atoms with Gasteiger partial charge in [0, 0.05) is 6.42 Å². The molecular weight excluding hydrogens is 196 g/mol. The predicted molar refractivity (Wildman–Crippen MR) is 67.4 cm³/mol. The SMILES string of the molecule is Cc1cccc(CC(O)C2=CCCCC2)c1. The van der Waals surface area contributed by atoms with Gasteiger partial charge in [0.05, 0.1) is 6.10 Å². The average Bonchev–Trinajstić information content (AvgIpc) is 2.30. The van der Waals surface area contributed by atoms with Gasteiger partial charge in [0.15, 0.2) is 0 Å². The molecule has 1 aliphatic carbocycles. The zero-order chi connectivity index (χ0) is 11.4. The van der Waals surface area contributed by atoms with Crippen LogP contribution >= 0.6 is 0 Å². The van der Waals surface area contributed by atoms with Crippen molar-refractivity contribution in [3.05, 3.63) is 47.0 Å². The number of hydrogen-bond acceptors (Lipinski definition) is 1. The zero-order valence-electron chi connectivity index (χ0n) is 9.95. The van der Waals surface area contributed by atoms with Crippen molar-refractivity contribution in [3.8, 4) is 0 Å². The van der Waals surface area contributed by atoms with Gasteiger partial charge in [-0.2, -0.15) is 0 Å². The first-order chi connectivity index (χ1) is 7.75. The molecule has 0 spiro atoms. The lowest BCUT2D eigenvalue weighted by atomic mass is 9.92. The lowest BCUT2D eigenvalue weighted by Gasteiger charge is -2.18. The highest BCUT2D eigenvalue weighted by atomic mass is 16.3. The van der Waals surface area contributed by atoms with Crippen LogP contribution in [0.4, 0.5) is 0 Å². The number of hydrogen-bond donors (Lipinski definition) is 1. The molecule has 0 aliphatic heterocycles. The number of allylic oxidation sites excluding steroid dienone is 1. The first-order valence-electron chi connectivity index (χ1n) is 6.18. The summed E-state index contributed by atoms with van der Waals surface area (Å²) in [6.07, 6.45) is 7.43. The molecule has 86 valence electrons. The van der Waals surface area contributed by atoms with Gasteiger partial charge in [-0.3, -0.25) is 0 Å². The minimum absolute atomic E-state index is 0.276. The van der Waals surface area contributed by atoms with Crippen molar-refractivity contribution in [1.29, 1.82) is 0 Å². The van der Waals surface area contributed by atoms with Crippen LogP contribution in [0.5, 0.6) is 0 Å². The first kappa shape index (κ1) is 11.4. The number of aryl methyl sites for hydroxylation is 1. The second-order valence-electron chi connectivity index (χ2n) is 4.73. The van der Waals surface area contributed by atoms with E-state index in [0.29, 0.717) is 0 Å². The zero-order valence-corrected chi connectivity index (χ0v) is 9.95. The number of aliphatic hydroxyl groups excluding tert-OH is 1. The van der Waals surface area contributed by atoms with Crippen LogP contribution in [0.1, 0.15) is 36.8 Å². The summed E-state index contributed by atoms with van der Waals surface area (Å²) in [5.74, 6) is 0. The molecule has 2 rings (SSSR count). The molecule has 0 bridgehead atoms. The van der Waals surface area contributed by atoms with Crippen molar-refractivity contribution in [2.24, 2.45) is 0 Å². The maximum atomic E-state index is 10.1. The normalized spacial score (nSPS) is 18.0. The van der Waals surface area contributed by atoms with E-state index < -0.39 is 0 Å². The molecule has 0 radical (unpaired) electrons. The van der Waals surface area contributed by atoms with E-state index >= 15 is 0 Å². The van der Waals surface area contributed by atoms with Crippen LogP contribution in [0, 0.1) is 6.92 Å². The van der Waals surface area contributed by atoms with E-state index in [0.717, 1.165) is 19.3 Å². The molecule has 0 saturated carbocycles. The third-order valence-corrected chi connectivity index (χ3v) is 3.27. The van der Waals surface area contributed by atoms with Crippen molar-refractivity contribution < 1.29 is 5.11 Å². The molecule has 1 aliphatic rings. The quantitative estimate of drug-likeness (QED) is 0.768. The Bertz CT molecular complexity index is 379. The number of rotatable bonds is 3. The minimum Gasteiger partial charge on any atom is -0.388 e. The molecule has 1 N–H and O–H groups in total. The van der Waals surface area contributed by atoms with Crippen LogP contribution < -0.4 is 0 Å². The van der Waals surface area contributed by atoms with Gasteiger partial charge in [-0.1, -0.05) is 35.9 Å². The molecule has 16 heavy (non-hydrogen) atoms. The highest BCUT2D eigenvalue weighted by Gasteiger charge is 2.13. The van der Waals surface area contributed by atoms with Gasteiger partial charge in [-0.05, 0) is 43.7 Å². The number of benzene rings is 1. The first-order valence-corrected chi connectivity index (χ1v) is 6.18. The van der Waals surface area contributed by atoms with Crippen LogP contribution in [-0.2, 0) is 6.42 Å². The Labute approximate surface area is 97.8 Å². The monoisotopic (exact) mass is 216 g/mol. The van der Waals surface area contributed by atoms with Crippen LogP contribution in [0.15, 0.2) is 35.9 Å². The van der Waals surface area contributed by atoms with E-state index in [-0.39, 0.29) is 6.10 Å². The van der Waals surface area contributed by atoms with Crippen LogP contribution in [0.2, 0.25) is 0 Å². The molecule has 0 aromatic heterocycles. The lowest BCUT2D eigenvalue weighted by Crippen LogP contribution is -2.15. The van der Waals surface area contributed by atoms with Crippen LogP contribution in [0.25, 0.3) is 0 Å². The third-order valence-electron chi connectivity index (χ3n) is 3.27. The Morgan fingerprint density at radius 2 is 2.19 bits per heavy atom. The summed E-state index contributed by atoms with van der Waals surface area (Å²) in [6, 6.07) is 8.41. The van der Waals surface area contributed by atoms with Gasteiger partial charge in [0.2, 0.25) is 0 Å². The topological polar surface area (TPSA) is 20.2 Å². The standard InChI is InChI=1S/C15H20O/c1-12-6-5-7-13(10-12)11-15(16)14-8-3-2-4-9-14/h5-8,10,15-16H,2-4,9,11H2,1H3. The second kappa shape index (κ2) is 5.31. The molecule has 0 heterocycles. The summed E-state index contributed by atoms with van der Waals surface area (Å²) in [5, 5.41) is 10.1. The molecule has 1 unspecified atom stereocenters. The van der Waals surface area contributed by atoms with E-state index in [9.17, 15) is 5.11 Å². The molecule has 1 atom stereocenters. The Kier molecular flexibility index (Phi) is 3.79. The molecule has 0 amide bonds. The van der Waals surface area contributed by atoms with Crippen molar-refractivity contribution in [2.45, 2.75) is 45.1 Å². The van der Waals surface area contributed by atoms with Crippen molar-refractivity contribution >= 4 is 0 Å². The fraction of sp³-hybridized carbons (Fsp3) is 0.467. The maximum absolute atomic E-state index is 10.1. The number of aliphatic hydroxyl groups is 1. The summed E-state index contributed by atoms with van der Waals surface area (Å²) in [6.45, 7) is 2.09. The highest BCUT2D eigenvalue weighted by Crippen LogP contribution is 2.22. The Hall–Kier alpha value is -1.08. The summed E-state index contributed by atoms with van der Waals surface area (Å²) in [5.41, 5.74) is 3.74. The average molecular weight is 216 g/mol. The fourth-order valence-corrected chi connectivity index (χ4v) is 2.36. The van der Waals surface area contributed by atoms with Crippen molar-refractivity contribution in [3.63, 3.8) is 0 Å². The van der Waals surface area contributed by atoms with Gasteiger partial charge in [0.25, 0.3) is 0 Å². The van der Waals surface area contributed by atoms with Crippen molar-refractivity contribution in [1.82, 2.24) is 0 Å². The smallest absolute Gasteiger partial charge is 0.0790 e. The van der Waals surface area contributed by atoms with E-state index in [1.165, 1.54) is 29.5 Å². The molecule has 1 aromatic rings. The largest absolute Gasteiger partial charge is 0.388 e. The summed E-state index contributed by atoms with van der Waals surface area (Å²) in [7, 11) is 0. The molecule has 0 fully saturated rings. The summed E-state index contributed by atoms with van der Waals surface area (Å²) in [4.78, 5) is 0. The summed E-state index contributed by atoms with van der Waals surface area (Å²) >= 11 is 0. The lowest BCUT2D eigenvalue weighted by molar-refractivity contribution is 0.204.